The minimum absolute atomic E-state index is 0.0115. The highest BCUT2D eigenvalue weighted by molar-refractivity contribution is 5.96. The fourth-order valence-electron chi connectivity index (χ4n) is 7.04. The molecule has 43 heavy (non-hydrogen) atoms. The monoisotopic (exact) mass is 588 g/mol. The number of rotatable bonds is 6. The highest BCUT2D eigenvalue weighted by Gasteiger charge is 2.32. The van der Waals surface area contributed by atoms with E-state index in [1.807, 2.05) is 21.9 Å². The fraction of sp³-hybridized carbons (Fsp3) is 0.618. The number of benzene rings is 1. The third-order valence-corrected chi connectivity index (χ3v) is 9.84. The Morgan fingerprint density at radius 2 is 1.51 bits per heavy atom. The summed E-state index contributed by atoms with van der Waals surface area (Å²) in [6.45, 7) is 14.4. The Balaban J connectivity index is 1.13. The summed E-state index contributed by atoms with van der Waals surface area (Å²) < 4.78 is 6.38. The van der Waals surface area contributed by atoms with Crippen molar-refractivity contribution in [1.82, 2.24) is 25.4 Å². The first-order chi connectivity index (χ1) is 20.8. The van der Waals surface area contributed by atoms with Crippen LogP contribution in [-0.4, -0.2) is 98.1 Å². The summed E-state index contributed by atoms with van der Waals surface area (Å²) in [6.07, 6.45) is 7.28. The van der Waals surface area contributed by atoms with Gasteiger partial charge in [-0.3, -0.25) is 9.59 Å². The first-order valence-electron chi connectivity index (χ1n) is 16.3. The van der Waals surface area contributed by atoms with Gasteiger partial charge < -0.3 is 30.1 Å². The van der Waals surface area contributed by atoms with E-state index in [0.717, 1.165) is 93.8 Å². The quantitative estimate of drug-likeness (QED) is 0.530. The van der Waals surface area contributed by atoms with E-state index in [2.05, 4.69) is 48.4 Å². The minimum Gasteiger partial charge on any atom is -0.473 e. The molecule has 0 radical (unpaired) electrons. The molecule has 9 heteroatoms. The average molecular weight is 589 g/mol. The Morgan fingerprint density at radius 1 is 0.837 bits per heavy atom. The third-order valence-electron chi connectivity index (χ3n) is 9.84. The summed E-state index contributed by atoms with van der Waals surface area (Å²) in [5, 5.41) is 6.76. The van der Waals surface area contributed by atoms with Crippen LogP contribution in [0.5, 0.6) is 5.88 Å². The van der Waals surface area contributed by atoms with Crippen molar-refractivity contribution in [3.05, 3.63) is 52.7 Å². The highest BCUT2D eigenvalue weighted by atomic mass is 16.5. The molecule has 1 atom stereocenters. The fourth-order valence-corrected chi connectivity index (χ4v) is 7.04. The van der Waals surface area contributed by atoms with E-state index >= 15 is 0 Å². The second-order valence-corrected chi connectivity index (χ2v) is 13.7. The van der Waals surface area contributed by atoms with Crippen LogP contribution < -0.4 is 20.3 Å². The maximum absolute atomic E-state index is 13.7. The van der Waals surface area contributed by atoms with Gasteiger partial charge in [0.1, 0.15) is 6.10 Å². The summed E-state index contributed by atoms with van der Waals surface area (Å²) >= 11 is 0. The summed E-state index contributed by atoms with van der Waals surface area (Å²) in [5.41, 5.74) is 4.99. The molecule has 1 aromatic carbocycles. The van der Waals surface area contributed by atoms with Gasteiger partial charge in [-0.2, -0.15) is 0 Å². The largest absolute Gasteiger partial charge is 0.473 e. The summed E-state index contributed by atoms with van der Waals surface area (Å²) in [6, 6.07) is 8.23. The van der Waals surface area contributed by atoms with Gasteiger partial charge >= 0.3 is 0 Å². The van der Waals surface area contributed by atoms with Crippen LogP contribution in [0.4, 0.5) is 5.69 Å². The topological polar surface area (TPSA) is 90.0 Å². The van der Waals surface area contributed by atoms with Crippen molar-refractivity contribution in [2.24, 2.45) is 5.41 Å². The molecular weight excluding hydrogens is 540 g/mol. The van der Waals surface area contributed by atoms with Crippen molar-refractivity contribution in [2.45, 2.75) is 64.9 Å². The van der Waals surface area contributed by atoms with E-state index in [9.17, 15) is 9.59 Å². The molecule has 4 aliphatic rings. The first-order valence-corrected chi connectivity index (χ1v) is 16.3. The van der Waals surface area contributed by atoms with Gasteiger partial charge in [-0.15, -0.1) is 0 Å². The molecule has 0 unspecified atom stereocenters. The van der Waals surface area contributed by atoms with Crippen molar-refractivity contribution in [1.29, 1.82) is 0 Å². The Morgan fingerprint density at radius 3 is 2.16 bits per heavy atom. The number of aryl methyl sites for hydroxylation is 1. The predicted molar refractivity (Wildman–Crippen MR) is 169 cm³/mol. The molecule has 1 aliphatic carbocycles. The van der Waals surface area contributed by atoms with Crippen LogP contribution in [0.25, 0.3) is 0 Å². The molecule has 9 nitrogen and oxygen atoms in total. The lowest BCUT2D eigenvalue weighted by Gasteiger charge is -2.36. The van der Waals surface area contributed by atoms with Crippen molar-refractivity contribution in [2.75, 3.05) is 70.3 Å². The molecular formula is C34H48N6O3. The Kier molecular flexibility index (Phi) is 8.91. The van der Waals surface area contributed by atoms with E-state index in [1.54, 1.807) is 6.20 Å². The minimum atomic E-state index is -0.0115. The smallest absolute Gasteiger partial charge is 0.255 e. The molecule has 6 rings (SSSR count). The number of amides is 2. The van der Waals surface area contributed by atoms with Crippen LogP contribution in [0.1, 0.15) is 83.7 Å². The van der Waals surface area contributed by atoms with E-state index in [1.165, 1.54) is 0 Å². The number of carbonyl (C=O) groups is 2. The highest BCUT2D eigenvalue weighted by Crippen LogP contribution is 2.44. The zero-order chi connectivity index (χ0) is 30.0. The molecule has 4 fully saturated rings. The van der Waals surface area contributed by atoms with Crippen LogP contribution >= 0.6 is 0 Å². The number of nitrogens with one attached hydrogen (secondary N) is 2. The van der Waals surface area contributed by atoms with E-state index in [-0.39, 0.29) is 17.9 Å². The number of hydrogen-bond acceptors (Lipinski definition) is 7. The summed E-state index contributed by atoms with van der Waals surface area (Å²) in [7, 11) is 0. The zero-order valence-corrected chi connectivity index (χ0v) is 26.2. The van der Waals surface area contributed by atoms with E-state index < -0.39 is 0 Å². The normalized spacial score (nSPS) is 23.0. The van der Waals surface area contributed by atoms with E-state index in [0.29, 0.717) is 49.0 Å². The SMILES string of the molecule is Cc1cc(C(=O)N2CCN(C(=O)c3cnc(O[C@H]4CCNC4)c(C4CCC(C)(C)CC4)c3)CC2)cc(N2CCNCC2)c1. The van der Waals surface area contributed by atoms with Gasteiger partial charge in [0, 0.05) is 81.9 Å². The third kappa shape index (κ3) is 6.99. The number of hydrogen-bond donors (Lipinski definition) is 2. The Hall–Kier alpha value is -3.17. The molecule has 1 saturated carbocycles. The van der Waals surface area contributed by atoms with Gasteiger partial charge in [0.2, 0.25) is 5.88 Å². The number of piperazine rings is 2. The van der Waals surface area contributed by atoms with Crippen LogP contribution in [0, 0.1) is 12.3 Å². The Bertz CT molecular complexity index is 1300. The maximum atomic E-state index is 13.7. The lowest BCUT2D eigenvalue weighted by molar-refractivity contribution is 0.0535. The van der Waals surface area contributed by atoms with E-state index in [4.69, 9.17) is 9.72 Å². The zero-order valence-electron chi connectivity index (χ0n) is 26.2. The number of nitrogens with zero attached hydrogens (tertiary/aromatic N) is 4. The standard InChI is InChI=1S/C34H48N6O3/c1-24-18-26(20-28(19-24)38-12-10-35-11-13-38)32(41)39-14-16-40(17-15-39)33(42)27-21-30(25-4-7-34(2,3)8-5-25)31(37-22-27)43-29-6-9-36-23-29/h18-22,25,29,35-36H,4-17,23H2,1-3H3/t29-/m0/s1. The van der Waals surface area contributed by atoms with Crippen LogP contribution in [0.3, 0.4) is 0 Å². The van der Waals surface area contributed by atoms with Gasteiger partial charge in [-0.1, -0.05) is 13.8 Å². The molecule has 4 heterocycles. The number of aromatic nitrogens is 1. The predicted octanol–water partition coefficient (Wildman–Crippen LogP) is 3.82. The van der Waals surface area contributed by atoms with Crippen molar-refractivity contribution >= 4 is 17.5 Å². The molecule has 3 saturated heterocycles. The molecule has 232 valence electrons. The maximum Gasteiger partial charge on any atom is 0.255 e. The molecule has 2 amide bonds. The summed E-state index contributed by atoms with van der Waals surface area (Å²) in [4.78, 5) is 38.1. The van der Waals surface area contributed by atoms with Gasteiger partial charge in [0.25, 0.3) is 11.8 Å². The molecule has 3 aliphatic heterocycles. The molecule has 1 aromatic heterocycles. The van der Waals surface area contributed by atoms with Crippen LogP contribution in [0.15, 0.2) is 30.5 Å². The van der Waals surface area contributed by atoms with Gasteiger partial charge in [-0.05, 0) is 86.7 Å². The van der Waals surface area contributed by atoms with Crippen molar-refractivity contribution in [3.8, 4) is 5.88 Å². The van der Waals surface area contributed by atoms with Gasteiger partial charge in [-0.25, -0.2) is 4.98 Å². The molecule has 0 bridgehead atoms. The lowest BCUT2D eigenvalue weighted by Crippen LogP contribution is -2.50. The second kappa shape index (κ2) is 12.8. The van der Waals surface area contributed by atoms with Crippen LogP contribution in [0.2, 0.25) is 0 Å². The number of ether oxygens (including phenoxy) is 1. The van der Waals surface area contributed by atoms with Gasteiger partial charge in [0.05, 0.1) is 5.56 Å². The Labute approximate surface area is 256 Å². The first kappa shape index (κ1) is 29.9. The number of pyridine rings is 1. The average Bonchev–Trinajstić information content (AvgIpc) is 3.54. The van der Waals surface area contributed by atoms with Crippen LogP contribution in [-0.2, 0) is 0 Å². The van der Waals surface area contributed by atoms with Gasteiger partial charge in [0.15, 0.2) is 0 Å². The molecule has 2 aromatic rings. The molecule has 0 spiro atoms. The van der Waals surface area contributed by atoms with Crippen molar-refractivity contribution in [3.63, 3.8) is 0 Å². The lowest BCUT2D eigenvalue weighted by atomic mass is 9.71. The summed E-state index contributed by atoms with van der Waals surface area (Å²) in [5.74, 6) is 1.08. The second-order valence-electron chi connectivity index (χ2n) is 13.7. The van der Waals surface area contributed by atoms with Crippen molar-refractivity contribution < 1.29 is 14.3 Å². The number of anilines is 1. The molecule has 2 N–H and O–H groups in total. The number of carbonyl (C=O) groups excluding carboxylic acids is 2.